The molecule has 20 heavy (non-hydrogen) atoms. The monoisotopic (exact) mass is 282 g/mol. The van der Waals surface area contributed by atoms with Crippen LogP contribution in [-0.2, 0) is 11.3 Å². The van der Waals surface area contributed by atoms with Crippen molar-refractivity contribution in [3.63, 3.8) is 0 Å². The van der Waals surface area contributed by atoms with Gasteiger partial charge in [-0.3, -0.25) is 4.68 Å². The second-order valence-corrected chi connectivity index (χ2v) is 4.70. The molecule has 1 aromatic rings. The molecule has 7 heteroatoms. The number of aryl methyl sites for hydroxylation is 3. The van der Waals surface area contributed by atoms with Crippen LogP contribution in [0, 0.1) is 13.8 Å². The first-order valence-corrected chi connectivity index (χ1v) is 6.72. The van der Waals surface area contributed by atoms with E-state index in [0.717, 1.165) is 24.4 Å². The molecule has 1 atom stereocenters. The molecule has 0 aliphatic carbocycles. The molecule has 0 saturated heterocycles. The van der Waals surface area contributed by atoms with E-state index in [9.17, 15) is 9.59 Å². The predicted molar refractivity (Wildman–Crippen MR) is 74.6 cm³/mol. The lowest BCUT2D eigenvalue weighted by Gasteiger charge is -2.13. The van der Waals surface area contributed by atoms with Crippen LogP contribution in [-0.4, -0.2) is 39.5 Å². The van der Waals surface area contributed by atoms with Crippen molar-refractivity contribution < 1.29 is 14.7 Å². The van der Waals surface area contributed by atoms with Gasteiger partial charge >= 0.3 is 12.0 Å². The Bertz CT molecular complexity index is 470. The van der Waals surface area contributed by atoms with Crippen molar-refractivity contribution in [3.05, 3.63) is 17.5 Å². The maximum atomic E-state index is 11.5. The number of rotatable bonds is 7. The first-order valence-electron chi connectivity index (χ1n) is 6.72. The minimum atomic E-state index is -1.02. The molecular weight excluding hydrogens is 260 g/mol. The van der Waals surface area contributed by atoms with Crippen LogP contribution in [0.15, 0.2) is 6.07 Å². The molecule has 112 valence electrons. The van der Waals surface area contributed by atoms with Gasteiger partial charge < -0.3 is 15.7 Å². The largest absolute Gasteiger partial charge is 0.480 e. The molecular formula is C13H22N4O3. The van der Waals surface area contributed by atoms with E-state index in [1.165, 1.54) is 0 Å². The van der Waals surface area contributed by atoms with E-state index in [0.29, 0.717) is 13.0 Å². The summed E-state index contributed by atoms with van der Waals surface area (Å²) in [6.07, 6.45) is 1.09. The van der Waals surface area contributed by atoms with Crippen LogP contribution in [0.25, 0.3) is 0 Å². The summed E-state index contributed by atoms with van der Waals surface area (Å²) in [5.74, 6) is -1.02. The number of carboxylic acids is 1. The fourth-order valence-corrected chi connectivity index (χ4v) is 1.88. The topological polar surface area (TPSA) is 96.3 Å². The molecule has 0 saturated carbocycles. The van der Waals surface area contributed by atoms with Gasteiger partial charge in [-0.15, -0.1) is 0 Å². The van der Waals surface area contributed by atoms with E-state index in [1.807, 2.05) is 24.6 Å². The zero-order valence-electron chi connectivity index (χ0n) is 12.1. The number of hydrogen-bond donors (Lipinski definition) is 3. The van der Waals surface area contributed by atoms with E-state index in [1.54, 1.807) is 6.92 Å². The molecule has 0 fully saturated rings. The van der Waals surface area contributed by atoms with Crippen molar-refractivity contribution in [2.24, 2.45) is 0 Å². The number of nitrogens with zero attached hydrogens (tertiary/aromatic N) is 2. The van der Waals surface area contributed by atoms with Crippen molar-refractivity contribution in [2.75, 3.05) is 6.54 Å². The lowest BCUT2D eigenvalue weighted by molar-refractivity contribution is -0.139. The number of amides is 2. The van der Waals surface area contributed by atoms with Gasteiger partial charge in [-0.25, -0.2) is 9.59 Å². The van der Waals surface area contributed by atoms with Gasteiger partial charge in [0.2, 0.25) is 0 Å². The van der Waals surface area contributed by atoms with Gasteiger partial charge in [-0.1, -0.05) is 6.92 Å². The third-order valence-electron chi connectivity index (χ3n) is 2.95. The highest BCUT2D eigenvalue weighted by molar-refractivity contribution is 5.82. The Hall–Kier alpha value is -2.05. The Kier molecular flexibility index (Phi) is 6.02. The summed E-state index contributed by atoms with van der Waals surface area (Å²) in [6.45, 7) is 6.82. The Morgan fingerprint density at radius 3 is 2.65 bits per heavy atom. The number of urea groups is 1. The summed E-state index contributed by atoms with van der Waals surface area (Å²) < 4.78 is 1.89. The molecule has 7 nitrogen and oxygen atoms in total. The van der Waals surface area contributed by atoms with Gasteiger partial charge in [-0.2, -0.15) is 5.10 Å². The van der Waals surface area contributed by atoms with E-state index < -0.39 is 18.0 Å². The summed E-state index contributed by atoms with van der Waals surface area (Å²) in [5, 5.41) is 18.2. The Balaban J connectivity index is 2.25. The summed E-state index contributed by atoms with van der Waals surface area (Å²) in [7, 11) is 0. The van der Waals surface area contributed by atoms with Crippen molar-refractivity contribution >= 4 is 12.0 Å². The minimum absolute atomic E-state index is 0.356. The highest BCUT2D eigenvalue weighted by Gasteiger charge is 2.16. The molecule has 1 rings (SSSR count). The van der Waals surface area contributed by atoms with E-state index in [2.05, 4.69) is 15.7 Å². The summed E-state index contributed by atoms with van der Waals surface area (Å²) in [6, 6.07) is 0.706. The third kappa shape index (κ3) is 4.91. The minimum Gasteiger partial charge on any atom is -0.480 e. The van der Waals surface area contributed by atoms with Crippen molar-refractivity contribution in [3.8, 4) is 0 Å². The molecule has 0 aromatic carbocycles. The van der Waals surface area contributed by atoms with Crippen molar-refractivity contribution in [2.45, 2.75) is 46.2 Å². The number of aromatic nitrogens is 2. The summed E-state index contributed by atoms with van der Waals surface area (Å²) in [4.78, 5) is 22.3. The Labute approximate surface area is 118 Å². The quantitative estimate of drug-likeness (QED) is 0.651. The van der Waals surface area contributed by atoms with Gasteiger partial charge in [0.15, 0.2) is 0 Å². The van der Waals surface area contributed by atoms with Gasteiger partial charge in [0.05, 0.1) is 5.69 Å². The predicted octanol–water partition coefficient (Wildman–Crippen LogP) is 1.05. The summed E-state index contributed by atoms with van der Waals surface area (Å²) >= 11 is 0. The fraction of sp³-hybridized carbons (Fsp3) is 0.615. The van der Waals surface area contributed by atoms with Crippen LogP contribution in [0.2, 0.25) is 0 Å². The lowest BCUT2D eigenvalue weighted by atomic mass is 10.2. The number of carbonyl (C=O) groups is 2. The van der Waals surface area contributed by atoms with E-state index >= 15 is 0 Å². The number of aliphatic carboxylic acids is 1. The average Bonchev–Trinajstić information content (AvgIpc) is 2.70. The molecule has 1 heterocycles. The van der Waals surface area contributed by atoms with E-state index in [4.69, 9.17) is 5.11 Å². The molecule has 0 aliphatic rings. The SMILES string of the molecule is CCC(NC(=O)NCCCn1nc(C)cc1C)C(=O)O. The molecule has 2 amide bonds. The molecule has 0 aliphatic heterocycles. The van der Waals surface area contributed by atoms with Gasteiger partial charge in [0.1, 0.15) is 6.04 Å². The van der Waals surface area contributed by atoms with Crippen LogP contribution in [0.4, 0.5) is 4.79 Å². The molecule has 0 spiro atoms. The second-order valence-electron chi connectivity index (χ2n) is 4.70. The van der Waals surface area contributed by atoms with Crippen LogP contribution < -0.4 is 10.6 Å². The Morgan fingerprint density at radius 1 is 1.45 bits per heavy atom. The van der Waals surface area contributed by atoms with Crippen LogP contribution in [0.3, 0.4) is 0 Å². The van der Waals surface area contributed by atoms with E-state index in [-0.39, 0.29) is 0 Å². The first-order chi connectivity index (χ1) is 9.43. The van der Waals surface area contributed by atoms with Gasteiger partial charge in [-0.05, 0) is 32.8 Å². The second kappa shape index (κ2) is 7.52. The number of hydrogen-bond acceptors (Lipinski definition) is 3. The average molecular weight is 282 g/mol. The lowest BCUT2D eigenvalue weighted by Crippen LogP contribution is -2.45. The molecule has 3 N–H and O–H groups in total. The molecule has 1 aromatic heterocycles. The highest BCUT2D eigenvalue weighted by atomic mass is 16.4. The zero-order chi connectivity index (χ0) is 15.1. The molecule has 0 radical (unpaired) electrons. The standard InChI is InChI=1S/C13H22N4O3/c1-4-11(12(18)19)15-13(20)14-6-5-7-17-10(3)8-9(2)16-17/h8,11H,4-7H2,1-3H3,(H,18,19)(H2,14,15,20). The summed E-state index contributed by atoms with van der Waals surface area (Å²) in [5.41, 5.74) is 2.06. The third-order valence-corrected chi connectivity index (χ3v) is 2.95. The van der Waals surface area contributed by atoms with Crippen molar-refractivity contribution in [1.29, 1.82) is 0 Å². The van der Waals surface area contributed by atoms with Crippen LogP contribution in [0.5, 0.6) is 0 Å². The van der Waals surface area contributed by atoms with Gasteiger partial charge in [0, 0.05) is 18.8 Å². The van der Waals surface area contributed by atoms with Crippen molar-refractivity contribution in [1.82, 2.24) is 20.4 Å². The van der Waals surface area contributed by atoms with Gasteiger partial charge in [0.25, 0.3) is 0 Å². The molecule has 1 unspecified atom stereocenters. The molecule has 0 bridgehead atoms. The fourth-order valence-electron chi connectivity index (χ4n) is 1.88. The van der Waals surface area contributed by atoms with Crippen LogP contribution >= 0.6 is 0 Å². The van der Waals surface area contributed by atoms with Crippen LogP contribution in [0.1, 0.15) is 31.2 Å². The normalized spacial score (nSPS) is 11.9. The Morgan fingerprint density at radius 2 is 2.15 bits per heavy atom. The highest BCUT2D eigenvalue weighted by Crippen LogP contribution is 2.02. The smallest absolute Gasteiger partial charge is 0.326 e. The maximum Gasteiger partial charge on any atom is 0.326 e. The first kappa shape index (κ1) is 16.0. The maximum absolute atomic E-state index is 11.5. The number of nitrogens with one attached hydrogen (secondary N) is 2. The number of carboxylic acid groups (broad SMARTS) is 1. The zero-order valence-corrected chi connectivity index (χ0v) is 12.1. The number of carbonyl (C=O) groups excluding carboxylic acids is 1.